The van der Waals surface area contributed by atoms with Crippen LogP contribution >= 0.6 is 0 Å². The van der Waals surface area contributed by atoms with E-state index in [0.29, 0.717) is 17.0 Å². The van der Waals surface area contributed by atoms with Gasteiger partial charge in [-0.3, -0.25) is 0 Å². The fourth-order valence-corrected chi connectivity index (χ4v) is 1.50. The number of carboxylic acids is 1. The quantitative estimate of drug-likeness (QED) is 0.884. The molecule has 0 atom stereocenters. The van der Waals surface area contributed by atoms with Gasteiger partial charge in [-0.15, -0.1) is 0 Å². The molecule has 2 rings (SSSR count). The number of fused-ring (bicyclic) bond motifs is 1. The number of nitrogens with zero attached hydrogens (tertiary/aromatic N) is 1. The fraction of sp³-hybridized carbons (Fsp3) is 0.385. The summed E-state index contributed by atoms with van der Waals surface area (Å²) < 4.78 is 5.65. The number of carboxylic acid groups (broad SMARTS) is 1. The maximum atomic E-state index is 10.8. The minimum atomic E-state index is -0.953. The number of oxazole rings is 1. The standard InChI is InChI=1S/C13H15NO3/c1-4-13(2,3)12-14-9-7-8(11(15)16)5-6-10(9)17-12/h5-7H,4H2,1-3H3,(H,15,16). The van der Waals surface area contributed by atoms with Crippen LogP contribution in [-0.2, 0) is 5.41 Å². The maximum absolute atomic E-state index is 10.8. The van der Waals surface area contributed by atoms with Gasteiger partial charge in [0.2, 0.25) is 5.89 Å². The monoisotopic (exact) mass is 233 g/mol. The Labute approximate surface area is 99.3 Å². The van der Waals surface area contributed by atoms with Crippen molar-refractivity contribution >= 4 is 17.1 Å². The summed E-state index contributed by atoms with van der Waals surface area (Å²) in [7, 11) is 0. The summed E-state index contributed by atoms with van der Waals surface area (Å²) in [4.78, 5) is 15.2. The molecule has 0 radical (unpaired) electrons. The van der Waals surface area contributed by atoms with E-state index in [0.717, 1.165) is 6.42 Å². The van der Waals surface area contributed by atoms with Crippen LogP contribution < -0.4 is 0 Å². The number of hydrogen-bond donors (Lipinski definition) is 1. The number of aromatic nitrogens is 1. The van der Waals surface area contributed by atoms with Gasteiger partial charge < -0.3 is 9.52 Å². The molecule has 0 saturated carbocycles. The average molecular weight is 233 g/mol. The summed E-state index contributed by atoms with van der Waals surface area (Å²) >= 11 is 0. The van der Waals surface area contributed by atoms with Crippen LogP contribution in [0.15, 0.2) is 22.6 Å². The van der Waals surface area contributed by atoms with E-state index in [4.69, 9.17) is 9.52 Å². The van der Waals surface area contributed by atoms with E-state index in [1.807, 2.05) is 0 Å². The highest BCUT2D eigenvalue weighted by molar-refractivity contribution is 5.91. The predicted octanol–water partition coefficient (Wildman–Crippen LogP) is 3.21. The third-order valence-electron chi connectivity index (χ3n) is 3.10. The molecule has 0 saturated heterocycles. The van der Waals surface area contributed by atoms with Crippen LogP contribution in [0.25, 0.3) is 11.1 Å². The van der Waals surface area contributed by atoms with Crippen molar-refractivity contribution in [3.63, 3.8) is 0 Å². The molecule has 1 aromatic carbocycles. The molecule has 1 aromatic heterocycles. The molecule has 0 bridgehead atoms. The molecular formula is C13H15NO3. The van der Waals surface area contributed by atoms with Crippen molar-refractivity contribution in [2.24, 2.45) is 0 Å². The smallest absolute Gasteiger partial charge is 0.335 e. The summed E-state index contributed by atoms with van der Waals surface area (Å²) in [5, 5.41) is 8.90. The van der Waals surface area contributed by atoms with Gasteiger partial charge in [0.25, 0.3) is 0 Å². The average Bonchev–Trinajstić information content (AvgIpc) is 2.72. The molecule has 90 valence electrons. The van der Waals surface area contributed by atoms with Crippen molar-refractivity contribution in [1.82, 2.24) is 4.98 Å². The molecule has 0 amide bonds. The van der Waals surface area contributed by atoms with Crippen molar-refractivity contribution in [1.29, 1.82) is 0 Å². The Balaban J connectivity index is 2.54. The predicted molar refractivity (Wildman–Crippen MR) is 64.3 cm³/mol. The summed E-state index contributed by atoms with van der Waals surface area (Å²) in [6.07, 6.45) is 0.908. The first-order valence-corrected chi connectivity index (χ1v) is 5.58. The van der Waals surface area contributed by atoms with Crippen molar-refractivity contribution in [3.8, 4) is 0 Å². The van der Waals surface area contributed by atoms with Crippen LogP contribution in [0, 0.1) is 0 Å². The van der Waals surface area contributed by atoms with Gasteiger partial charge in [0.05, 0.1) is 5.56 Å². The summed E-state index contributed by atoms with van der Waals surface area (Å²) in [5.41, 5.74) is 1.32. The van der Waals surface area contributed by atoms with Crippen molar-refractivity contribution < 1.29 is 14.3 Å². The van der Waals surface area contributed by atoms with Gasteiger partial charge in [-0.1, -0.05) is 20.8 Å². The van der Waals surface area contributed by atoms with Gasteiger partial charge in [0.15, 0.2) is 5.58 Å². The molecule has 0 unspecified atom stereocenters. The molecule has 0 aliphatic rings. The lowest BCUT2D eigenvalue weighted by molar-refractivity contribution is 0.0697. The molecule has 2 aromatic rings. The van der Waals surface area contributed by atoms with Gasteiger partial charge in [-0.2, -0.15) is 0 Å². The second-order valence-corrected chi connectivity index (χ2v) is 4.74. The molecule has 0 spiro atoms. The van der Waals surface area contributed by atoms with E-state index in [2.05, 4.69) is 25.8 Å². The molecule has 0 fully saturated rings. The summed E-state index contributed by atoms with van der Waals surface area (Å²) in [5.74, 6) is -0.302. The Morgan fingerprint density at radius 3 is 2.76 bits per heavy atom. The second kappa shape index (κ2) is 3.87. The zero-order valence-corrected chi connectivity index (χ0v) is 10.2. The number of rotatable bonds is 3. The Kier molecular flexibility index (Phi) is 2.65. The van der Waals surface area contributed by atoms with Gasteiger partial charge in [0, 0.05) is 5.41 Å². The minimum Gasteiger partial charge on any atom is -0.478 e. The van der Waals surface area contributed by atoms with Gasteiger partial charge in [-0.05, 0) is 24.6 Å². The Hall–Kier alpha value is -1.84. The molecule has 1 N–H and O–H groups in total. The van der Waals surface area contributed by atoms with Crippen LogP contribution in [0.5, 0.6) is 0 Å². The summed E-state index contributed by atoms with van der Waals surface area (Å²) in [6, 6.07) is 4.72. The van der Waals surface area contributed by atoms with Gasteiger partial charge in [0.1, 0.15) is 5.52 Å². The maximum Gasteiger partial charge on any atom is 0.335 e. The highest BCUT2D eigenvalue weighted by atomic mass is 16.4. The first-order chi connectivity index (χ1) is 7.94. The van der Waals surface area contributed by atoms with E-state index in [9.17, 15) is 4.79 Å². The van der Waals surface area contributed by atoms with E-state index >= 15 is 0 Å². The van der Waals surface area contributed by atoms with Crippen LogP contribution in [-0.4, -0.2) is 16.1 Å². The lowest BCUT2D eigenvalue weighted by Gasteiger charge is -2.16. The molecule has 1 heterocycles. The summed E-state index contributed by atoms with van der Waals surface area (Å²) in [6.45, 7) is 6.17. The minimum absolute atomic E-state index is 0.137. The third-order valence-corrected chi connectivity index (χ3v) is 3.10. The lowest BCUT2D eigenvalue weighted by Crippen LogP contribution is -2.15. The van der Waals surface area contributed by atoms with E-state index in [1.54, 1.807) is 6.07 Å². The first-order valence-electron chi connectivity index (χ1n) is 5.58. The molecule has 4 nitrogen and oxygen atoms in total. The molecule has 4 heteroatoms. The third kappa shape index (κ3) is 2.02. The largest absolute Gasteiger partial charge is 0.478 e. The van der Waals surface area contributed by atoms with E-state index < -0.39 is 5.97 Å². The second-order valence-electron chi connectivity index (χ2n) is 4.74. The Morgan fingerprint density at radius 2 is 2.18 bits per heavy atom. The SMILES string of the molecule is CCC(C)(C)c1nc2cc(C(=O)O)ccc2o1. The molecule has 0 aliphatic carbocycles. The Bertz CT molecular complexity index is 569. The van der Waals surface area contributed by atoms with Crippen LogP contribution in [0.3, 0.4) is 0 Å². The van der Waals surface area contributed by atoms with Crippen molar-refractivity contribution in [2.45, 2.75) is 32.6 Å². The van der Waals surface area contributed by atoms with Gasteiger partial charge in [-0.25, -0.2) is 9.78 Å². The highest BCUT2D eigenvalue weighted by Gasteiger charge is 2.24. The molecule has 17 heavy (non-hydrogen) atoms. The zero-order valence-electron chi connectivity index (χ0n) is 10.2. The lowest BCUT2D eigenvalue weighted by atomic mass is 9.90. The molecular weight excluding hydrogens is 218 g/mol. The normalized spacial score (nSPS) is 11.9. The van der Waals surface area contributed by atoms with E-state index in [-0.39, 0.29) is 11.0 Å². The number of aromatic carboxylic acids is 1. The number of hydrogen-bond acceptors (Lipinski definition) is 3. The molecule has 0 aliphatic heterocycles. The first kappa shape index (κ1) is 11.6. The topological polar surface area (TPSA) is 63.3 Å². The van der Waals surface area contributed by atoms with Gasteiger partial charge >= 0.3 is 5.97 Å². The van der Waals surface area contributed by atoms with E-state index in [1.165, 1.54) is 12.1 Å². The van der Waals surface area contributed by atoms with Crippen LogP contribution in [0.1, 0.15) is 43.4 Å². The number of benzene rings is 1. The van der Waals surface area contributed by atoms with Crippen molar-refractivity contribution in [2.75, 3.05) is 0 Å². The van der Waals surface area contributed by atoms with Crippen LogP contribution in [0.2, 0.25) is 0 Å². The zero-order chi connectivity index (χ0) is 12.6. The fourth-order valence-electron chi connectivity index (χ4n) is 1.50. The number of carbonyl (C=O) groups is 1. The highest BCUT2D eigenvalue weighted by Crippen LogP contribution is 2.29. The Morgan fingerprint density at radius 1 is 1.47 bits per heavy atom. The van der Waals surface area contributed by atoms with Crippen LogP contribution in [0.4, 0.5) is 0 Å². The van der Waals surface area contributed by atoms with Crippen molar-refractivity contribution in [3.05, 3.63) is 29.7 Å².